The van der Waals surface area contributed by atoms with Crippen molar-refractivity contribution in [1.29, 1.82) is 0 Å². The number of benzene rings is 1. The van der Waals surface area contributed by atoms with Gasteiger partial charge >= 0.3 is 6.18 Å². The third-order valence-corrected chi connectivity index (χ3v) is 7.06. The highest BCUT2D eigenvalue weighted by Crippen LogP contribution is 2.31. The lowest BCUT2D eigenvalue weighted by atomic mass is 9.94. The van der Waals surface area contributed by atoms with Gasteiger partial charge in [0.25, 0.3) is 0 Å². The minimum atomic E-state index is -4.55. The predicted molar refractivity (Wildman–Crippen MR) is 88.6 cm³/mol. The number of sulfonamides is 1. The first-order chi connectivity index (χ1) is 11.8. The average molecular weight is 376 g/mol. The number of alkyl halides is 3. The lowest BCUT2D eigenvalue weighted by molar-refractivity contribution is -0.137. The second-order valence-corrected chi connectivity index (χ2v) is 8.70. The van der Waals surface area contributed by atoms with E-state index in [9.17, 15) is 21.6 Å². The molecular weight excluding hydrogens is 353 g/mol. The minimum Gasteiger partial charge on any atom is -0.298 e. The molecule has 0 atom stereocenters. The summed E-state index contributed by atoms with van der Waals surface area (Å²) in [7, 11) is -3.89. The van der Waals surface area contributed by atoms with Crippen LogP contribution in [0.25, 0.3) is 0 Å². The van der Waals surface area contributed by atoms with Crippen molar-refractivity contribution in [2.45, 2.75) is 49.2 Å². The molecule has 1 saturated heterocycles. The summed E-state index contributed by atoms with van der Waals surface area (Å²) in [4.78, 5) is 2.05. The van der Waals surface area contributed by atoms with E-state index in [4.69, 9.17) is 0 Å². The van der Waals surface area contributed by atoms with E-state index < -0.39 is 21.8 Å². The molecule has 1 heterocycles. The molecule has 8 heteroatoms. The molecule has 0 N–H and O–H groups in total. The highest BCUT2D eigenvalue weighted by molar-refractivity contribution is 7.89. The van der Waals surface area contributed by atoms with Gasteiger partial charge in [-0.25, -0.2) is 8.42 Å². The number of halogens is 3. The molecule has 3 rings (SSSR count). The van der Waals surface area contributed by atoms with Gasteiger partial charge in [-0.1, -0.05) is 25.3 Å². The maximum absolute atomic E-state index is 12.8. The second kappa shape index (κ2) is 7.25. The standard InChI is InChI=1S/C17H23F3N2O2S/c18-17(19,20)14-5-4-8-16(13-14)25(23,24)22-11-9-21(10-12-22)15-6-2-1-3-7-15/h4-5,8,13,15H,1-3,6-7,9-12H2. The molecule has 140 valence electrons. The van der Waals surface area contributed by atoms with Crippen molar-refractivity contribution in [2.24, 2.45) is 0 Å². The number of piperazine rings is 1. The molecule has 1 aromatic rings. The van der Waals surface area contributed by atoms with Crippen LogP contribution in [0.3, 0.4) is 0 Å². The molecule has 0 unspecified atom stereocenters. The van der Waals surface area contributed by atoms with Gasteiger partial charge in [0.15, 0.2) is 0 Å². The van der Waals surface area contributed by atoms with Crippen LogP contribution >= 0.6 is 0 Å². The zero-order valence-electron chi connectivity index (χ0n) is 14.0. The molecule has 1 aliphatic heterocycles. The molecule has 0 aromatic heterocycles. The molecule has 25 heavy (non-hydrogen) atoms. The maximum atomic E-state index is 12.8. The largest absolute Gasteiger partial charge is 0.416 e. The zero-order chi connectivity index (χ0) is 18.1. The monoisotopic (exact) mass is 376 g/mol. The molecule has 2 aliphatic rings. The van der Waals surface area contributed by atoms with Gasteiger partial charge in [-0.05, 0) is 31.0 Å². The van der Waals surface area contributed by atoms with Crippen molar-refractivity contribution in [3.8, 4) is 0 Å². The SMILES string of the molecule is O=S(=O)(c1cccc(C(F)(F)F)c1)N1CCN(C2CCCCC2)CC1. The molecule has 1 aliphatic carbocycles. The van der Waals surface area contributed by atoms with Crippen LogP contribution in [0, 0.1) is 0 Å². The van der Waals surface area contributed by atoms with Crippen LogP contribution in [0.5, 0.6) is 0 Å². The number of hydrogen-bond donors (Lipinski definition) is 0. The smallest absolute Gasteiger partial charge is 0.298 e. The minimum absolute atomic E-state index is 0.284. The summed E-state index contributed by atoms with van der Waals surface area (Å²) in [6.45, 7) is 1.94. The second-order valence-electron chi connectivity index (χ2n) is 6.76. The number of nitrogens with zero attached hydrogens (tertiary/aromatic N) is 2. The van der Waals surface area contributed by atoms with Crippen molar-refractivity contribution in [3.63, 3.8) is 0 Å². The van der Waals surface area contributed by atoms with Crippen LogP contribution in [0.2, 0.25) is 0 Å². The highest BCUT2D eigenvalue weighted by Gasteiger charge is 2.34. The molecule has 0 spiro atoms. The molecule has 0 amide bonds. The highest BCUT2D eigenvalue weighted by atomic mass is 32.2. The van der Waals surface area contributed by atoms with Crippen molar-refractivity contribution in [3.05, 3.63) is 29.8 Å². The van der Waals surface area contributed by atoms with Gasteiger partial charge < -0.3 is 0 Å². The lowest BCUT2D eigenvalue weighted by Gasteiger charge is -2.40. The Balaban J connectivity index is 1.69. The zero-order valence-corrected chi connectivity index (χ0v) is 14.8. The van der Waals surface area contributed by atoms with Gasteiger partial charge in [0.05, 0.1) is 10.5 Å². The first kappa shape index (κ1) is 18.7. The predicted octanol–water partition coefficient (Wildman–Crippen LogP) is 3.34. The summed E-state index contributed by atoms with van der Waals surface area (Å²) < 4.78 is 65.2. The van der Waals surface area contributed by atoms with Gasteiger partial charge in [-0.15, -0.1) is 0 Å². The average Bonchev–Trinajstić information content (AvgIpc) is 2.62. The molecule has 1 aromatic carbocycles. The van der Waals surface area contributed by atoms with E-state index in [1.807, 2.05) is 0 Å². The van der Waals surface area contributed by atoms with Crippen LogP contribution in [0.15, 0.2) is 29.2 Å². The quantitative estimate of drug-likeness (QED) is 0.812. The van der Waals surface area contributed by atoms with Crippen molar-refractivity contribution < 1.29 is 21.6 Å². The Bertz CT molecular complexity index is 692. The first-order valence-electron chi connectivity index (χ1n) is 8.70. The first-order valence-corrected chi connectivity index (χ1v) is 10.1. The molecule has 1 saturated carbocycles. The van der Waals surface area contributed by atoms with Crippen molar-refractivity contribution in [2.75, 3.05) is 26.2 Å². The molecule has 0 radical (unpaired) electrons. The van der Waals surface area contributed by atoms with E-state index in [0.717, 1.165) is 31.0 Å². The van der Waals surface area contributed by atoms with E-state index in [0.29, 0.717) is 32.2 Å². The number of rotatable bonds is 3. The van der Waals surface area contributed by atoms with Crippen molar-refractivity contribution in [1.82, 2.24) is 9.21 Å². The Kier molecular flexibility index (Phi) is 5.41. The fraction of sp³-hybridized carbons (Fsp3) is 0.647. The number of hydrogen-bond acceptors (Lipinski definition) is 3. The Hall–Kier alpha value is -1.12. The molecule has 4 nitrogen and oxygen atoms in total. The van der Waals surface area contributed by atoms with Crippen molar-refractivity contribution >= 4 is 10.0 Å². The molecule has 2 fully saturated rings. The Labute approximate surface area is 146 Å². The maximum Gasteiger partial charge on any atom is 0.416 e. The Morgan fingerprint density at radius 3 is 2.20 bits per heavy atom. The van der Waals surface area contributed by atoms with E-state index in [-0.39, 0.29) is 4.90 Å². The van der Waals surface area contributed by atoms with E-state index >= 15 is 0 Å². The van der Waals surface area contributed by atoms with E-state index in [2.05, 4.69) is 4.90 Å². The summed E-state index contributed by atoms with van der Waals surface area (Å²) in [5, 5.41) is 0. The van der Waals surface area contributed by atoms with Gasteiger partial charge in [-0.3, -0.25) is 4.90 Å². The van der Waals surface area contributed by atoms with Crippen LogP contribution in [0.4, 0.5) is 13.2 Å². The fourth-order valence-corrected chi connectivity index (χ4v) is 5.21. The van der Waals surface area contributed by atoms with Gasteiger partial charge in [0.1, 0.15) is 0 Å². The van der Waals surface area contributed by atoms with Gasteiger partial charge in [-0.2, -0.15) is 17.5 Å². The summed E-state index contributed by atoms with van der Waals surface area (Å²) >= 11 is 0. The third-order valence-electron chi connectivity index (χ3n) is 5.16. The normalized spacial score (nSPS) is 22.2. The summed E-state index contributed by atoms with van der Waals surface area (Å²) in [6, 6.07) is 4.52. The lowest BCUT2D eigenvalue weighted by Crippen LogP contribution is -2.52. The summed E-state index contributed by atoms with van der Waals surface area (Å²) in [5.41, 5.74) is -0.936. The Morgan fingerprint density at radius 1 is 0.960 bits per heavy atom. The van der Waals surface area contributed by atoms with E-state index in [1.165, 1.54) is 29.6 Å². The third kappa shape index (κ3) is 4.17. The summed E-state index contributed by atoms with van der Waals surface area (Å²) in [5.74, 6) is 0. The summed E-state index contributed by atoms with van der Waals surface area (Å²) in [6.07, 6.45) is 1.45. The van der Waals surface area contributed by atoms with E-state index in [1.54, 1.807) is 0 Å². The molecular formula is C17H23F3N2O2S. The molecule has 0 bridgehead atoms. The van der Waals surface area contributed by atoms with Crippen LogP contribution in [-0.4, -0.2) is 49.8 Å². The van der Waals surface area contributed by atoms with Crippen LogP contribution < -0.4 is 0 Å². The van der Waals surface area contributed by atoms with Gasteiger partial charge in [0, 0.05) is 32.2 Å². The van der Waals surface area contributed by atoms with Gasteiger partial charge in [0.2, 0.25) is 10.0 Å². The van der Waals surface area contributed by atoms with Crippen LogP contribution in [0.1, 0.15) is 37.7 Å². The fourth-order valence-electron chi connectivity index (χ4n) is 3.74. The van der Waals surface area contributed by atoms with Crippen LogP contribution in [-0.2, 0) is 16.2 Å². The Morgan fingerprint density at radius 2 is 1.60 bits per heavy atom. The topological polar surface area (TPSA) is 40.6 Å².